The molecule has 87 heavy (non-hydrogen) atoms. The molecule has 1 aliphatic rings. The molecular formula is C62H112N11O13S+. The van der Waals surface area contributed by atoms with E-state index >= 15 is 14.8 Å². The summed E-state index contributed by atoms with van der Waals surface area (Å²) in [5, 5.41) is 48.6. The Morgan fingerprint density at radius 1 is 0.644 bits per heavy atom. The molecule has 10 amide bonds. The lowest BCUT2D eigenvalue weighted by Gasteiger charge is -2.49. The van der Waals surface area contributed by atoms with Crippen LogP contribution in [-0.2, 0) is 47.9 Å². The molecule has 0 aliphatic carbocycles. The van der Waals surface area contributed by atoms with E-state index in [1.165, 1.54) is 79.8 Å². The molecule has 0 saturated carbocycles. The van der Waals surface area contributed by atoms with Gasteiger partial charge in [0, 0.05) is 48.1 Å². The molecular weight excluding hydrogens is 1140 g/mol. The molecule has 0 aromatic heterocycles. The molecule has 14 atom stereocenters. The number of quaternary nitrogens is 1. The monoisotopic (exact) mass is 1250 g/mol. The van der Waals surface area contributed by atoms with Crippen LogP contribution in [0.2, 0.25) is 0 Å². The van der Waals surface area contributed by atoms with E-state index in [1.807, 2.05) is 41.5 Å². The second-order valence-corrected chi connectivity index (χ2v) is 27.6. The minimum absolute atomic E-state index is 0.0166. The lowest BCUT2D eigenvalue weighted by molar-refractivity contribution is -0.976. The molecule has 498 valence electrons. The van der Waals surface area contributed by atoms with Gasteiger partial charge in [-0.25, -0.2) is 4.79 Å². The van der Waals surface area contributed by atoms with Gasteiger partial charge in [-0.1, -0.05) is 95.2 Å². The number of aliphatic hydroxyl groups excluding tert-OH is 1. The second-order valence-electron chi connectivity index (χ2n) is 26.7. The lowest BCUT2D eigenvalue weighted by Crippen LogP contribution is -2.67. The number of carbonyl (C=O) groups is 10. The summed E-state index contributed by atoms with van der Waals surface area (Å²) >= 11 is 0.950. The van der Waals surface area contributed by atoms with Gasteiger partial charge < -0.3 is 61.2 Å². The van der Waals surface area contributed by atoms with Crippen LogP contribution < -0.4 is 21.3 Å². The summed E-state index contributed by atoms with van der Waals surface area (Å²) in [7, 11) is 8.02. The van der Waals surface area contributed by atoms with Gasteiger partial charge in [-0.2, -0.15) is 0 Å². The maximum atomic E-state index is 15.7. The van der Waals surface area contributed by atoms with E-state index in [0.29, 0.717) is 0 Å². The number of nitrogens with one attached hydrogen (secondary N) is 4. The Kier molecular flexibility index (Phi) is 31.5. The van der Waals surface area contributed by atoms with E-state index < -0.39 is 159 Å². The van der Waals surface area contributed by atoms with Crippen molar-refractivity contribution in [1.82, 2.24) is 45.8 Å². The Balaban J connectivity index is 4.50. The maximum Gasteiger partial charge on any atom is 0.413 e. The average Bonchev–Trinajstić information content (AvgIpc) is 1.06. The Labute approximate surface area is 523 Å². The summed E-state index contributed by atoms with van der Waals surface area (Å²) in [4.78, 5) is 153. The first-order valence-corrected chi connectivity index (χ1v) is 32.0. The van der Waals surface area contributed by atoms with E-state index in [0.717, 1.165) is 31.0 Å². The van der Waals surface area contributed by atoms with Gasteiger partial charge in [-0.3, -0.25) is 47.8 Å². The van der Waals surface area contributed by atoms with Crippen molar-refractivity contribution in [2.75, 3.05) is 48.5 Å². The molecule has 1 heterocycles. The Hall–Kier alpha value is -5.50. The quantitative estimate of drug-likeness (QED) is 0.0560. The van der Waals surface area contributed by atoms with Crippen LogP contribution in [0.3, 0.4) is 0 Å². The van der Waals surface area contributed by atoms with Gasteiger partial charge in [-0.15, -0.1) is 16.3 Å². The van der Waals surface area contributed by atoms with Crippen LogP contribution in [0, 0.1) is 40.7 Å². The number of hydrogen-bond donors (Lipinski definition) is 6. The van der Waals surface area contributed by atoms with Crippen LogP contribution in [0.15, 0.2) is 12.2 Å². The third-order valence-corrected chi connectivity index (χ3v) is 17.3. The Bertz CT molecular complexity index is 2430. The van der Waals surface area contributed by atoms with Crippen molar-refractivity contribution in [1.29, 1.82) is 0 Å². The zero-order valence-corrected chi connectivity index (χ0v) is 57.7. The molecule has 0 spiro atoms. The zero-order chi connectivity index (χ0) is 67.8. The van der Waals surface area contributed by atoms with E-state index in [2.05, 4.69) is 28.0 Å². The first-order chi connectivity index (χ1) is 39.9. The van der Waals surface area contributed by atoms with Crippen molar-refractivity contribution in [3.8, 4) is 0 Å². The number of carbonyl (C=O) groups excluding carboxylic acids is 10. The smallest absolute Gasteiger partial charge is 0.413 e. The van der Waals surface area contributed by atoms with Crippen LogP contribution in [0.4, 0.5) is 0 Å². The molecule has 0 bridgehead atoms. The highest BCUT2D eigenvalue weighted by molar-refractivity contribution is 7.99. The molecule has 24 nitrogen and oxygen atoms in total. The van der Waals surface area contributed by atoms with Crippen LogP contribution >= 0.6 is 11.8 Å². The third kappa shape index (κ3) is 21.6. The van der Waals surface area contributed by atoms with Gasteiger partial charge in [0.25, 0.3) is 18.0 Å². The van der Waals surface area contributed by atoms with E-state index in [4.69, 9.17) is 0 Å². The maximum absolute atomic E-state index is 15.7. The number of nitrogens with zero attached hydrogens (tertiary/aromatic N) is 7. The normalized spacial score (nSPS) is 29.1. The van der Waals surface area contributed by atoms with Gasteiger partial charge in [0.05, 0.1) is 25.2 Å². The van der Waals surface area contributed by atoms with E-state index in [9.17, 15) is 48.6 Å². The van der Waals surface area contributed by atoms with Gasteiger partial charge >= 0.3 is 5.91 Å². The predicted molar refractivity (Wildman–Crippen MR) is 339 cm³/mol. The first kappa shape index (κ1) is 79.5. The second kappa shape index (κ2) is 34.5. The number of aliphatic hydroxyl groups is 2. The van der Waals surface area contributed by atoms with Crippen molar-refractivity contribution in [3.63, 3.8) is 0 Å². The topological polar surface area (TPSA) is 302 Å². The summed E-state index contributed by atoms with van der Waals surface area (Å²) in [5.41, 5.74) is -1.57. The average molecular weight is 1250 g/mol. The largest absolute Gasteiger partial charge is 0.628 e. The summed E-state index contributed by atoms with van der Waals surface area (Å²) in [6.07, 6.45) is 2.26. The van der Waals surface area contributed by atoms with Crippen LogP contribution in [-0.4, -0.2) is 236 Å². The molecule has 25 heteroatoms. The minimum atomic E-state index is -1.67. The first-order valence-electron chi connectivity index (χ1n) is 30.7. The standard InChI is InChI=1S/C62H111N11O13S/c1-26-28-29-39(13)50(74)49-54(78)65-42(27-2)56(80)72(23)61(87-25)60(84)68(19)44(33-62(16,17)85)53(77)66-47(37(9)10)58(82)67(18)43(30-34(3)4)52(76)63-40(14)51(75)64-41(15)55(79)69(20)46(32-36(7)8)73(24,86)45(31-35(5)6)57(81)70(21)48(38(11)12)59(83)71(49)22/h26,28,34-50,61,74,85H,20,27,29-33H2,1-19,21-25H3,(H3-,63,64,65,66,75,76,77,78)/p+1/b28-26-/t39-,40+,41+,42+,43+,44+,45+,46-,47+,48+,49?,50+,61+,73?/m1/s1. The molecule has 0 aromatic rings. The molecule has 1 rings (SSSR count). The van der Waals surface area contributed by atoms with Crippen molar-refractivity contribution in [2.24, 2.45) is 35.5 Å². The van der Waals surface area contributed by atoms with E-state index in [-0.39, 0.29) is 56.3 Å². The SMILES string of the molecule is C=[N+]1C(=O)[C@H](C)NC(=O)[C@H](C)NC(=O)[C@H](CC(C)C)N(C)C(=O)[C@H](C(C)C)NC(=O)[C@H](CC(C)(C)O)N(C)C(=O)[C@H](SC)N(C)C(=O)[C@H](CC)NC(=O)C([C@@H](O)[C@H](C)C/C=C\C)N(C)C(=O)[C@H](C(C)C)N(C)C(=O)[C@H](CC(C)C)[N+](C)([O-])[C@@H]1CC(C)C. The molecule has 6 N–H and O–H groups in total. The highest BCUT2D eigenvalue weighted by Crippen LogP contribution is 2.30. The number of rotatable bonds is 16. The minimum Gasteiger partial charge on any atom is -0.628 e. The van der Waals surface area contributed by atoms with Gasteiger partial charge in [-0.05, 0) is 95.6 Å². The van der Waals surface area contributed by atoms with Crippen molar-refractivity contribution in [2.45, 2.75) is 234 Å². The fraction of sp³-hybridized carbons (Fsp3) is 0.790. The third-order valence-electron chi connectivity index (χ3n) is 16.3. The van der Waals surface area contributed by atoms with Crippen molar-refractivity contribution in [3.05, 3.63) is 17.4 Å². The van der Waals surface area contributed by atoms with Crippen LogP contribution in [0.25, 0.3) is 0 Å². The highest BCUT2D eigenvalue weighted by Gasteiger charge is 2.51. The van der Waals surface area contributed by atoms with Crippen LogP contribution in [0.1, 0.15) is 156 Å². The summed E-state index contributed by atoms with van der Waals surface area (Å²) in [5.74, 6) is -10.4. The highest BCUT2D eigenvalue weighted by atomic mass is 32.2. The number of hydroxylamine groups is 3. The Morgan fingerprint density at radius 2 is 1.14 bits per heavy atom. The summed E-state index contributed by atoms with van der Waals surface area (Å²) in [6, 6.07) is -12.4. The zero-order valence-electron chi connectivity index (χ0n) is 56.9. The van der Waals surface area contributed by atoms with Crippen molar-refractivity contribution >= 4 is 77.6 Å². The number of amides is 10. The summed E-state index contributed by atoms with van der Waals surface area (Å²) < 4.78 is -0.391. The van der Waals surface area contributed by atoms with Gasteiger partial charge in [0.1, 0.15) is 49.0 Å². The fourth-order valence-corrected chi connectivity index (χ4v) is 11.8. The van der Waals surface area contributed by atoms with Crippen LogP contribution in [0.5, 0.6) is 0 Å². The molecule has 1 fully saturated rings. The fourth-order valence-electron chi connectivity index (χ4n) is 11.0. The molecule has 1 aliphatic heterocycles. The predicted octanol–water partition coefficient (Wildman–Crippen LogP) is 3.30. The lowest BCUT2D eigenvalue weighted by atomic mass is 9.91. The number of allylic oxidation sites excluding steroid dienone is 2. The molecule has 2 unspecified atom stereocenters. The van der Waals surface area contributed by atoms with Gasteiger partial charge in [0.15, 0.2) is 17.5 Å². The van der Waals surface area contributed by atoms with Gasteiger partial charge in [0.2, 0.25) is 41.4 Å². The Morgan fingerprint density at radius 3 is 1.60 bits per heavy atom. The van der Waals surface area contributed by atoms with Crippen molar-refractivity contribution < 1.29 is 67.4 Å². The number of hydrogen-bond acceptors (Lipinski definition) is 14. The molecule has 1 saturated heterocycles. The number of likely N-dealkylation sites (N-methyl/N-ethyl adjacent to an activating group) is 6. The van der Waals surface area contributed by atoms with E-state index in [1.54, 1.807) is 66.9 Å². The molecule has 0 aromatic carbocycles. The summed E-state index contributed by atoms with van der Waals surface area (Å²) in [6.45, 7) is 32.5. The number of thioether (sulfide) groups is 1. The molecule has 0 radical (unpaired) electrons.